The van der Waals surface area contributed by atoms with E-state index < -0.39 is 0 Å². The molecule has 0 aliphatic carbocycles. The summed E-state index contributed by atoms with van der Waals surface area (Å²) in [6.45, 7) is 5.93. The highest BCUT2D eigenvalue weighted by Gasteiger charge is 2.14. The normalized spacial score (nSPS) is 12.5. The van der Waals surface area contributed by atoms with Crippen LogP contribution in [0, 0.1) is 19.7 Å². The molecule has 1 nitrogen and oxygen atoms in total. The first kappa shape index (κ1) is 14.1. The van der Waals surface area contributed by atoms with Gasteiger partial charge in [0.1, 0.15) is 5.82 Å². The minimum absolute atomic E-state index is 0.231. The molecule has 0 saturated heterocycles. The second kappa shape index (κ2) is 5.76. The highest BCUT2D eigenvalue weighted by atomic mass is 32.2. The molecule has 2 aromatic rings. The summed E-state index contributed by atoms with van der Waals surface area (Å²) in [6.07, 6.45) is 0. The van der Waals surface area contributed by atoms with E-state index in [2.05, 4.69) is 32.0 Å². The molecule has 0 bridgehead atoms. The molecule has 0 amide bonds. The Balaban J connectivity index is 2.44. The van der Waals surface area contributed by atoms with Crippen molar-refractivity contribution >= 4 is 11.8 Å². The van der Waals surface area contributed by atoms with Crippen LogP contribution < -0.4 is 5.73 Å². The highest BCUT2D eigenvalue weighted by Crippen LogP contribution is 2.36. The van der Waals surface area contributed by atoms with Crippen LogP contribution in [0.3, 0.4) is 0 Å². The predicted octanol–water partition coefficient (Wildman–Crippen LogP) is 4.61. The summed E-state index contributed by atoms with van der Waals surface area (Å²) >= 11 is 1.58. The Morgan fingerprint density at radius 1 is 1.11 bits per heavy atom. The number of hydrogen-bond acceptors (Lipinski definition) is 2. The second-order valence-corrected chi connectivity index (χ2v) is 5.90. The lowest BCUT2D eigenvalue weighted by Crippen LogP contribution is -2.09. The van der Waals surface area contributed by atoms with E-state index in [9.17, 15) is 4.39 Å². The number of halogens is 1. The van der Waals surface area contributed by atoms with E-state index in [1.807, 2.05) is 13.0 Å². The third-order valence-corrected chi connectivity index (χ3v) is 4.27. The van der Waals surface area contributed by atoms with Crippen molar-refractivity contribution in [3.8, 4) is 0 Å². The van der Waals surface area contributed by atoms with E-state index >= 15 is 0 Å². The molecule has 0 heterocycles. The van der Waals surface area contributed by atoms with Crippen molar-refractivity contribution in [3.63, 3.8) is 0 Å². The first-order chi connectivity index (χ1) is 8.99. The number of aryl methyl sites for hydroxylation is 2. The van der Waals surface area contributed by atoms with E-state index in [-0.39, 0.29) is 11.9 Å². The third kappa shape index (κ3) is 3.17. The van der Waals surface area contributed by atoms with Crippen LogP contribution in [-0.4, -0.2) is 0 Å². The van der Waals surface area contributed by atoms with E-state index in [1.165, 1.54) is 17.2 Å². The number of nitrogens with two attached hydrogens (primary N) is 1. The first-order valence-corrected chi connectivity index (χ1v) is 7.10. The number of benzene rings is 2. The fraction of sp³-hybridized carbons (Fsp3) is 0.250. The SMILES string of the molecule is Cc1ccc(C)c(Sc2cccc(F)c2C(C)N)c1. The van der Waals surface area contributed by atoms with Gasteiger partial charge in [0.15, 0.2) is 0 Å². The monoisotopic (exact) mass is 275 g/mol. The Morgan fingerprint density at radius 2 is 1.84 bits per heavy atom. The van der Waals surface area contributed by atoms with Crippen LogP contribution in [0.25, 0.3) is 0 Å². The highest BCUT2D eigenvalue weighted by molar-refractivity contribution is 7.99. The van der Waals surface area contributed by atoms with Gasteiger partial charge in [0.25, 0.3) is 0 Å². The lowest BCUT2D eigenvalue weighted by atomic mass is 10.1. The Kier molecular flexibility index (Phi) is 4.27. The van der Waals surface area contributed by atoms with Crippen LogP contribution in [0.1, 0.15) is 29.7 Å². The Bertz CT molecular complexity index is 593. The summed E-state index contributed by atoms with van der Waals surface area (Å²) in [5.41, 5.74) is 8.87. The summed E-state index contributed by atoms with van der Waals surface area (Å²) < 4.78 is 13.9. The van der Waals surface area contributed by atoms with E-state index in [4.69, 9.17) is 5.73 Å². The minimum Gasteiger partial charge on any atom is -0.324 e. The lowest BCUT2D eigenvalue weighted by Gasteiger charge is -2.14. The van der Waals surface area contributed by atoms with Gasteiger partial charge < -0.3 is 5.73 Å². The molecular formula is C16H18FNS. The van der Waals surface area contributed by atoms with Crippen molar-refractivity contribution in [1.82, 2.24) is 0 Å². The van der Waals surface area contributed by atoms with Gasteiger partial charge in [-0.2, -0.15) is 0 Å². The van der Waals surface area contributed by atoms with Crippen molar-refractivity contribution in [3.05, 3.63) is 58.9 Å². The molecule has 2 rings (SSSR count). The standard InChI is InChI=1S/C16H18FNS/c1-10-7-8-11(2)15(9-10)19-14-6-4-5-13(17)16(14)12(3)18/h4-9,12H,18H2,1-3H3. The molecule has 0 aromatic heterocycles. The summed E-state index contributed by atoms with van der Waals surface area (Å²) in [5, 5.41) is 0. The summed E-state index contributed by atoms with van der Waals surface area (Å²) in [7, 11) is 0. The van der Waals surface area contributed by atoms with Crippen LogP contribution in [0.15, 0.2) is 46.2 Å². The topological polar surface area (TPSA) is 26.0 Å². The van der Waals surface area contributed by atoms with Gasteiger partial charge in [-0.1, -0.05) is 30.0 Å². The van der Waals surface area contributed by atoms with Crippen LogP contribution >= 0.6 is 11.8 Å². The fourth-order valence-electron chi connectivity index (χ4n) is 1.98. The average Bonchev–Trinajstić information content (AvgIpc) is 2.33. The van der Waals surface area contributed by atoms with Crippen LogP contribution in [0.5, 0.6) is 0 Å². The Hall–Kier alpha value is -1.32. The molecule has 0 aliphatic rings. The molecule has 2 N–H and O–H groups in total. The van der Waals surface area contributed by atoms with Crippen LogP contribution in [0.4, 0.5) is 4.39 Å². The zero-order valence-electron chi connectivity index (χ0n) is 11.4. The summed E-state index contributed by atoms with van der Waals surface area (Å²) in [5.74, 6) is -0.231. The van der Waals surface area contributed by atoms with Crippen molar-refractivity contribution in [2.45, 2.75) is 36.6 Å². The molecule has 1 atom stereocenters. The molecular weight excluding hydrogens is 257 g/mol. The van der Waals surface area contributed by atoms with E-state index in [0.717, 1.165) is 9.79 Å². The van der Waals surface area contributed by atoms with Gasteiger partial charge in [-0.3, -0.25) is 0 Å². The van der Waals surface area contributed by atoms with Gasteiger partial charge in [0.2, 0.25) is 0 Å². The van der Waals surface area contributed by atoms with E-state index in [0.29, 0.717) is 5.56 Å². The molecule has 1 unspecified atom stereocenters. The lowest BCUT2D eigenvalue weighted by molar-refractivity contribution is 0.585. The summed E-state index contributed by atoms with van der Waals surface area (Å²) in [6, 6.07) is 11.1. The van der Waals surface area contributed by atoms with Gasteiger partial charge >= 0.3 is 0 Å². The number of rotatable bonds is 3. The number of hydrogen-bond donors (Lipinski definition) is 1. The van der Waals surface area contributed by atoms with Crippen LogP contribution in [-0.2, 0) is 0 Å². The Morgan fingerprint density at radius 3 is 2.53 bits per heavy atom. The predicted molar refractivity (Wildman–Crippen MR) is 79.0 cm³/mol. The molecule has 100 valence electrons. The van der Waals surface area contributed by atoms with Gasteiger partial charge in [-0.25, -0.2) is 4.39 Å². The molecule has 0 aliphatic heterocycles. The molecule has 0 fully saturated rings. The first-order valence-electron chi connectivity index (χ1n) is 6.28. The average molecular weight is 275 g/mol. The molecule has 0 spiro atoms. The largest absolute Gasteiger partial charge is 0.324 e. The molecule has 3 heteroatoms. The Labute approximate surface area is 118 Å². The smallest absolute Gasteiger partial charge is 0.129 e. The second-order valence-electron chi connectivity index (χ2n) is 4.81. The van der Waals surface area contributed by atoms with Gasteiger partial charge in [0.05, 0.1) is 0 Å². The molecule has 0 saturated carbocycles. The van der Waals surface area contributed by atoms with Gasteiger partial charge in [0, 0.05) is 21.4 Å². The van der Waals surface area contributed by atoms with Crippen molar-refractivity contribution in [2.24, 2.45) is 5.73 Å². The zero-order chi connectivity index (χ0) is 14.0. The third-order valence-electron chi connectivity index (χ3n) is 3.03. The maximum Gasteiger partial charge on any atom is 0.129 e. The maximum absolute atomic E-state index is 13.9. The van der Waals surface area contributed by atoms with E-state index in [1.54, 1.807) is 17.8 Å². The quantitative estimate of drug-likeness (QED) is 0.885. The van der Waals surface area contributed by atoms with Crippen molar-refractivity contribution in [2.75, 3.05) is 0 Å². The van der Waals surface area contributed by atoms with Gasteiger partial charge in [-0.15, -0.1) is 0 Å². The van der Waals surface area contributed by atoms with Crippen molar-refractivity contribution < 1.29 is 4.39 Å². The molecule has 2 aromatic carbocycles. The summed E-state index contributed by atoms with van der Waals surface area (Å²) in [4.78, 5) is 2.04. The van der Waals surface area contributed by atoms with Crippen molar-refractivity contribution in [1.29, 1.82) is 0 Å². The minimum atomic E-state index is -0.311. The molecule has 0 radical (unpaired) electrons. The van der Waals surface area contributed by atoms with Crippen LogP contribution in [0.2, 0.25) is 0 Å². The maximum atomic E-state index is 13.9. The fourth-order valence-corrected chi connectivity index (χ4v) is 3.23. The van der Waals surface area contributed by atoms with Gasteiger partial charge in [-0.05, 0) is 50.1 Å². The zero-order valence-corrected chi connectivity index (χ0v) is 12.2. The molecule has 19 heavy (non-hydrogen) atoms.